The van der Waals surface area contributed by atoms with Gasteiger partial charge in [0.15, 0.2) is 0 Å². The lowest BCUT2D eigenvalue weighted by Gasteiger charge is -2.19. The molecule has 0 amide bonds. The Labute approximate surface area is 98.1 Å². The number of allylic oxidation sites excluding steroid dienone is 4. The van der Waals surface area contributed by atoms with Gasteiger partial charge in [-0.05, 0) is 37.6 Å². The fourth-order valence-corrected chi connectivity index (χ4v) is 1.92. The number of halogens is 1. The molecular weight excluding hydrogens is 219 g/mol. The molecule has 0 saturated carbocycles. The molecule has 0 saturated heterocycles. The molecule has 0 fully saturated rings. The first-order valence-electron chi connectivity index (χ1n) is 5.29. The standard InChI is InChI=1S/C13H11FN2O/c1-9-2-3-10(8-15)13(17)16(9)12-6-4-11(14)5-7-12/h2-6,12H,7H2,1H3. The molecule has 17 heavy (non-hydrogen) atoms. The molecule has 1 atom stereocenters. The monoisotopic (exact) mass is 230 g/mol. The highest BCUT2D eigenvalue weighted by atomic mass is 19.1. The summed E-state index contributed by atoms with van der Waals surface area (Å²) in [5.74, 6) is -0.289. The number of nitrogens with zero attached hydrogens (tertiary/aromatic N) is 2. The van der Waals surface area contributed by atoms with Crippen molar-refractivity contribution < 1.29 is 4.39 Å². The zero-order chi connectivity index (χ0) is 12.4. The van der Waals surface area contributed by atoms with Crippen molar-refractivity contribution in [2.45, 2.75) is 19.4 Å². The summed E-state index contributed by atoms with van der Waals surface area (Å²) in [6, 6.07) is 4.89. The summed E-state index contributed by atoms with van der Waals surface area (Å²) in [6.45, 7) is 1.80. The van der Waals surface area contributed by atoms with Gasteiger partial charge < -0.3 is 4.57 Å². The first kappa shape index (κ1) is 11.3. The van der Waals surface area contributed by atoms with Crippen molar-refractivity contribution in [3.63, 3.8) is 0 Å². The molecule has 1 unspecified atom stereocenters. The first-order valence-corrected chi connectivity index (χ1v) is 5.29. The van der Waals surface area contributed by atoms with Crippen LogP contribution in [0.1, 0.15) is 23.7 Å². The van der Waals surface area contributed by atoms with Crippen molar-refractivity contribution in [3.8, 4) is 6.07 Å². The molecule has 0 aliphatic heterocycles. The maximum absolute atomic E-state index is 12.9. The highest BCUT2D eigenvalue weighted by Gasteiger charge is 2.15. The predicted molar refractivity (Wildman–Crippen MR) is 62.1 cm³/mol. The maximum Gasteiger partial charge on any atom is 0.269 e. The summed E-state index contributed by atoms with van der Waals surface area (Å²) in [5.41, 5.74) is 0.552. The summed E-state index contributed by atoms with van der Waals surface area (Å²) in [7, 11) is 0. The SMILES string of the molecule is Cc1ccc(C#N)c(=O)n1C1C=CC(F)=CC1. The van der Waals surface area contributed by atoms with Crippen molar-refractivity contribution in [3.05, 3.63) is 57.8 Å². The second-order valence-corrected chi connectivity index (χ2v) is 3.93. The van der Waals surface area contributed by atoms with Crippen molar-refractivity contribution in [2.75, 3.05) is 0 Å². The first-order chi connectivity index (χ1) is 8.13. The molecule has 1 aromatic rings. The van der Waals surface area contributed by atoms with E-state index in [1.54, 1.807) is 19.1 Å². The predicted octanol–water partition coefficient (Wildman–Crippen LogP) is 2.38. The van der Waals surface area contributed by atoms with E-state index in [9.17, 15) is 9.18 Å². The topological polar surface area (TPSA) is 45.8 Å². The van der Waals surface area contributed by atoms with Gasteiger partial charge in [0, 0.05) is 5.69 Å². The van der Waals surface area contributed by atoms with Crippen molar-refractivity contribution >= 4 is 0 Å². The number of hydrogen-bond acceptors (Lipinski definition) is 2. The van der Waals surface area contributed by atoms with E-state index in [0.717, 1.165) is 5.69 Å². The quantitative estimate of drug-likeness (QED) is 0.743. The summed E-state index contributed by atoms with van der Waals surface area (Å²) in [6.07, 6.45) is 4.86. The second-order valence-electron chi connectivity index (χ2n) is 3.93. The van der Waals surface area contributed by atoms with Crippen LogP contribution in [0.5, 0.6) is 0 Å². The van der Waals surface area contributed by atoms with Crippen molar-refractivity contribution in [1.82, 2.24) is 4.57 Å². The fourth-order valence-electron chi connectivity index (χ4n) is 1.92. The lowest BCUT2D eigenvalue weighted by Crippen LogP contribution is -2.28. The molecule has 1 aliphatic carbocycles. The summed E-state index contributed by atoms with van der Waals surface area (Å²) in [4.78, 5) is 12.0. The zero-order valence-electron chi connectivity index (χ0n) is 9.35. The van der Waals surface area contributed by atoms with Crippen LogP contribution in [0.2, 0.25) is 0 Å². The molecule has 0 radical (unpaired) electrons. The minimum Gasteiger partial charge on any atom is -0.305 e. The Bertz CT molecular complexity index is 605. The molecule has 1 aliphatic rings. The van der Waals surface area contributed by atoms with E-state index in [1.807, 2.05) is 6.07 Å². The molecule has 4 heteroatoms. The Morgan fingerprint density at radius 2 is 2.29 bits per heavy atom. The van der Waals surface area contributed by atoms with Crippen LogP contribution in [0, 0.1) is 18.3 Å². The van der Waals surface area contributed by atoms with E-state index in [4.69, 9.17) is 5.26 Å². The van der Waals surface area contributed by atoms with Gasteiger partial charge in [-0.1, -0.05) is 6.08 Å². The Morgan fingerprint density at radius 3 is 2.88 bits per heavy atom. The summed E-state index contributed by atoms with van der Waals surface area (Å²) >= 11 is 0. The lowest BCUT2D eigenvalue weighted by atomic mass is 10.1. The molecule has 0 spiro atoms. The molecule has 0 bridgehead atoms. The van der Waals surface area contributed by atoms with E-state index in [-0.39, 0.29) is 23.0 Å². The Kier molecular flexibility index (Phi) is 2.92. The van der Waals surface area contributed by atoms with Gasteiger partial charge in [0.1, 0.15) is 17.5 Å². The average molecular weight is 230 g/mol. The average Bonchev–Trinajstić information content (AvgIpc) is 2.32. The second kappa shape index (κ2) is 4.38. The third kappa shape index (κ3) is 2.04. The molecule has 3 nitrogen and oxygen atoms in total. The van der Waals surface area contributed by atoms with Crippen LogP contribution in [0.25, 0.3) is 0 Å². The maximum atomic E-state index is 12.9. The molecule has 86 valence electrons. The van der Waals surface area contributed by atoms with Crippen LogP contribution in [0.3, 0.4) is 0 Å². The third-order valence-corrected chi connectivity index (χ3v) is 2.80. The smallest absolute Gasteiger partial charge is 0.269 e. The highest BCUT2D eigenvalue weighted by molar-refractivity contribution is 5.29. The van der Waals surface area contributed by atoms with Gasteiger partial charge in [-0.25, -0.2) is 4.39 Å². The van der Waals surface area contributed by atoms with Crippen LogP contribution in [0.15, 0.2) is 41.0 Å². The largest absolute Gasteiger partial charge is 0.305 e. The highest BCUT2D eigenvalue weighted by Crippen LogP contribution is 2.21. The van der Waals surface area contributed by atoms with E-state index in [0.29, 0.717) is 6.42 Å². The molecule has 2 rings (SSSR count). The van der Waals surface area contributed by atoms with Gasteiger partial charge >= 0.3 is 0 Å². The lowest BCUT2D eigenvalue weighted by molar-refractivity contribution is 0.548. The minimum atomic E-state index is -0.321. The van der Waals surface area contributed by atoms with Crippen LogP contribution in [0.4, 0.5) is 4.39 Å². The van der Waals surface area contributed by atoms with Gasteiger partial charge in [0.2, 0.25) is 0 Å². The Morgan fingerprint density at radius 1 is 1.53 bits per heavy atom. The van der Waals surface area contributed by atoms with Crippen molar-refractivity contribution in [2.24, 2.45) is 0 Å². The number of aryl methyl sites for hydroxylation is 1. The number of hydrogen-bond donors (Lipinski definition) is 0. The van der Waals surface area contributed by atoms with Crippen LogP contribution in [-0.2, 0) is 0 Å². The van der Waals surface area contributed by atoms with E-state index in [1.165, 1.54) is 22.8 Å². The minimum absolute atomic E-state index is 0.110. The molecule has 0 N–H and O–H groups in total. The zero-order valence-corrected chi connectivity index (χ0v) is 9.35. The molecular formula is C13H11FN2O. The van der Waals surface area contributed by atoms with Crippen molar-refractivity contribution in [1.29, 1.82) is 5.26 Å². The fraction of sp³-hybridized carbons (Fsp3) is 0.231. The normalized spacial score (nSPS) is 18.6. The van der Waals surface area contributed by atoms with Gasteiger partial charge in [0.05, 0.1) is 6.04 Å². The number of pyridine rings is 1. The molecule has 1 aromatic heterocycles. The Hall–Kier alpha value is -2.15. The third-order valence-electron chi connectivity index (χ3n) is 2.80. The van der Waals surface area contributed by atoms with Gasteiger partial charge in [-0.3, -0.25) is 4.79 Å². The molecule has 0 aromatic carbocycles. The number of aromatic nitrogens is 1. The number of nitriles is 1. The van der Waals surface area contributed by atoms with Gasteiger partial charge in [0.25, 0.3) is 5.56 Å². The van der Waals surface area contributed by atoms with Crippen LogP contribution in [-0.4, -0.2) is 4.57 Å². The van der Waals surface area contributed by atoms with Crippen LogP contribution < -0.4 is 5.56 Å². The van der Waals surface area contributed by atoms with E-state index in [2.05, 4.69) is 0 Å². The Balaban J connectivity index is 2.51. The number of rotatable bonds is 1. The van der Waals surface area contributed by atoms with E-state index >= 15 is 0 Å². The summed E-state index contributed by atoms with van der Waals surface area (Å²) in [5, 5.41) is 8.82. The summed E-state index contributed by atoms with van der Waals surface area (Å²) < 4.78 is 14.4. The molecule has 1 heterocycles. The van der Waals surface area contributed by atoms with Crippen LogP contribution >= 0.6 is 0 Å². The van der Waals surface area contributed by atoms with Gasteiger partial charge in [-0.15, -0.1) is 0 Å². The van der Waals surface area contributed by atoms with E-state index < -0.39 is 0 Å². The van der Waals surface area contributed by atoms with Gasteiger partial charge in [-0.2, -0.15) is 5.26 Å².